The fraction of sp³-hybridized carbons (Fsp3) is 0.263. The SMILES string of the molecule is CCC[C@@H](NC(=O)NCc1ccc(F)cc1)C(=O)Nc1ccc(Cl)cc1. The molecule has 1 atom stereocenters. The number of amides is 3. The van der Waals surface area contributed by atoms with E-state index in [-0.39, 0.29) is 18.3 Å². The van der Waals surface area contributed by atoms with Gasteiger partial charge in [-0.05, 0) is 48.4 Å². The lowest BCUT2D eigenvalue weighted by Crippen LogP contribution is -2.47. The molecule has 0 heterocycles. The van der Waals surface area contributed by atoms with Crippen molar-refractivity contribution < 1.29 is 14.0 Å². The van der Waals surface area contributed by atoms with Crippen molar-refractivity contribution in [1.29, 1.82) is 0 Å². The topological polar surface area (TPSA) is 70.2 Å². The number of rotatable bonds is 7. The molecule has 7 heteroatoms. The lowest BCUT2D eigenvalue weighted by atomic mass is 10.1. The van der Waals surface area contributed by atoms with Gasteiger partial charge in [-0.15, -0.1) is 0 Å². The molecule has 0 radical (unpaired) electrons. The molecule has 5 nitrogen and oxygen atoms in total. The maximum absolute atomic E-state index is 12.9. The zero-order valence-electron chi connectivity index (χ0n) is 14.4. The summed E-state index contributed by atoms with van der Waals surface area (Å²) in [7, 11) is 0. The van der Waals surface area contributed by atoms with Crippen molar-refractivity contribution in [3.63, 3.8) is 0 Å². The van der Waals surface area contributed by atoms with Crippen molar-refractivity contribution in [2.75, 3.05) is 5.32 Å². The van der Waals surface area contributed by atoms with Gasteiger partial charge in [0.05, 0.1) is 0 Å². The van der Waals surface area contributed by atoms with E-state index in [0.29, 0.717) is 17.1 Å². The third kappa shape index (κ3) is 6.37. The van der Waals surface area contributed by atoms with Crippen molar-refractivity contribution >= 4 is 29.2 Å². The Morgan fingerprint density at radius 2 is 1.73 bits per heavy atom. The Balaban J connectivity index is 1.88. The van der Waals surface area contributed by atoms with Gasteiger partial charge in [0.25, 0.3) is 0 Å². The van der Waals surface area contributed by atoms with Crippen LogP contribution in [0.3, 0.4) is 0 Å². The Kier molecular flexibility index (Phi) is 7.41. The average Bonchev–Trinajstić information content (AvgIpc) is 2.63. The fourth-order valence-corrected chi connectivity index (χ4v) is 2.44. The largest absolute Gasteiger partial charge is 0.334 e. The van der Waals surface area contributed by atoms with Gasteiger partial charge in [-0.2, -0.15) is 0 Å². The molecule has 0 aliphatic rings. The Hall–Kier alpha value is -2.60. The minimum absolute atomic E-state index is 0.240. The molecule has 0 aliphatic heterocycles. The van der Waals surface area contributed by atoms with Crippen molar-refractivity contribution in [1.82, 2.24) is 10.6 Å². The summed E-state index contributed by atoms with van der Waals surface area (Å²) in [6.45, 7) is 2.17. The molecule has 0 fully saturated rings. The highest BCUT2D eigenvalue weighted by molar-refractivity contribution is 6.30. The summed E-state index contributed by atoms with van der Waals surface area (Å²) < 4.78 is 12.9. The average molecular weight is 378 g/mol. The molecular formula is C19H21ClFN3O2. The smallest absolute Gasteiger partial charge is 0.315 e. The van der Waals surface area contributed by atoms with Gasteiger partial charge in [0.15, 0.2) is 0 Å². The van der Waals surface area contributed by atoms with Gasteiger partial charge in [0.1, 0.15) is 11.9 Å². The molecule has 3 amide bonds. The van der Waals surface area contributed by atoms with Crippen LogP contribution in [0.15, 0.2) is 48.5 Å². The lowest BCUT2D eigenvalue weighted by molar-refractivity contribution is -0.118. The van der Waals surface area contributed by atoms with Crippen molar-refractivity contribution in [3.8, 4) is 0 Å². The summed E-state index contributed by atoms with van der Waals surface area (Å²) in [5, 5.41) is 8.67. The standard InChI is InChI=1S/C19H21ClFN3O2/c1-2-3-17(18(25)23-16-10-6-14(20)7-11-16)24-19(26)22-12-13-4-8-15(21)9-5-13/h4-11,17H,2-3,12H2,1H3,(H,23,25)(H2,22,24,26)/t17-/m1/s1. The van der Waals surface area contributed by atoms with Crippen molar-refractivity contribution in [2.45, 2.75) is 32.4 Å². The normalized spacial score (nSPS) is 11.5. The molecule has 2 aromatic carbocycles. The molecule has 0 saturated carbocycles. The summed E-state index contributed by atoms with van der Waals surface area (Å²) in [5.41, 5.74) is 1.37. The molecule has 138 valence electrons. The number of hydrogen-bond donors (Lipinski definition) is 3. The molecule has 2 rings (SSSR count). The molecule has 0 spiro atoms. The number of carbonyl (C=O) groups is 2. The highest BCUT2D eigenvalue weighted by Gasteiger charge is 2.20. The number of urea groups is 1. The first-order chi connectivity index (χ1) is 12.5. The third-order valence-electron chi connectivity index (χ3n) is 3.68. The number of halogens is 2. The molecular weight excluding hydrogens is 357 g/mol. The van der Waals surface area contributed by atoms with Crippen LogP contribution in [0.1, 0.15) is 25.3 Å². The minimum atomic E-state index is -0.663. The van der Waals surface area contributed by atoms with E-state index >= 15 is 0 Å². The van der Waals surface area contributed by atoms with Crippen molar-refractivity contribution in [3.05, 3.63) is 64.9 Å². The zero-order chi connectivity index (χ0) is 18.9. The first-order valence-corrected chi connectivity index (χ1v) is 8.71. The minimum Gasteiger partial charge on any atom is -0.334 e. The monoisotopic (exact) mass is 377 g/mol. The van der Waals surface area contributed by atoms with Crippen LogP contribution in [0.5, 0.6) is 0 Å². The Labute approximate surface area is 156 Å². The summed E-state index contributed by atoms with van der Waals surface area (Å²) >= 11 is 5.82. The number of anilines is 1. The van der Waals surface area contributed by atoms with Crippen LogP contribution >= 0.6 is 11.6 Å². The van der Waals surface area contributed by atoms with Gasteiger partial charge in [0, 0.05) is 17.3 Å². The molecule has 26 heavy (non-hydrogen) atoms. The van der Waals surface area contributed by atoms with Gasteiger partial charge < -0.3 is 16.0 Å². The molecule has 3 N–H and O–H groups in total. The third-order valence-corrected chi connectivity index (χ3v) is 3.93. The van der Waals surface area contributed by atoms with Crippen LogP contribution in [0.25, 0.3) is 0 Å². The quantitative estimate of drug-likeness (QED) is 0.680. The fourth-order valence-electron chi connectivity index (χ4n) is 2.31. The second-order valence-electron chi connectivity index (χ2n) is 5.79. The molecule has 0 aliphatic carbocycles. The van der Waals surface area contributed by atoms with E-state index < -0.39 is 12.1 Å². The maximum atomic E-state index is 12.9. The van der Waals surface area contributed by atoms with Crippen LogP contribution < -0.4 is 16.0 Å². The number of carbonyl (C=O) groups excluding carboxylic acids is 2. The molecule has 0 bridgehead atoms. The number of nitrogens with one attached hydrogen (secondary N) is 3. The van der Waals surface area contributed by atoms with E-state index in [4.69, 9.17) is 11.6 Å². The van der Waals surface area contributed by atoms with E-state index in [0.717, 1.165) is 12.0 Å². The van der Waals surface area contributed by atoms with Crippen LogP contribution in [0, 0.1) is 5.82 Å². The van der Waals surface area contributed by atoms with E-state index in [9.17, 15) is 14.0 Å². The first kappa shape index (κ1) is 19.7. The highest BCUT2D eigenvalue weighted by Crippen LogP contribution is 2.14. The summed E-state index contributed by atoms with van der Waals surface area (Å²) in [5.74, 6) is -0.633. The summed E-state index contributed by atoms with van der Waals surface area (Å²) in [6.07, 6.45) is 1.24. The van der Waals surface area contributed by atoms with E-state index in [1.54, 1.807) is 36.4 Å². The molecule has 0 aromatic heterocycles. The van der Waals surface area contributed by atoms with Gasteiger partial charge in [-0.25, -0.2) is 9.18 Å². The molecule has 2 aromatic rings. The van der Waals surface area contributed by atoms with Gasteiger partial charge in [-0.1, -0.05) is 37.1 Å². The number of hydrogen-bond acceptors (Lipinski definition) is 2. The first-order valence-electron chi connectivity index (χ1n) is 8.33. The summed E-state index contributed by atoms with van der Waals surface area (Å²) in [6, 6.07) is 11.4. The second kappa shape index (κ2) is 9.77. The summed E-state index contributed by atoms with van der Waals surface area (Å²) in [4.78, 5) is 24.5. The van der Waals surface area contributed by atoms with Crippen LogP contribution in [0.2, 0.25) is 5.02 Å². The Bertz CT molecular complexity index is 735. The van der Waals surface area contributed by atoms with E-state index in [1.165, 1.54) is 12.1 Å². The van der Waals surface area contributed by atoms with E-state index in [1.807, 2.05) is 6.92 Å². The van der Waals surface area contributed by atoms with Crippen LogP contribution in [-0.4, -0.2) is 18.0 Å². The van der Waals surface area contributed by atoms with Gasteiger partial charge >= 0.3 is 6.03 Å². The predicted octanol–water partition coefficient (Wildman–Crippen LogP) is 4.09. The Morgan fingerprint density at radius 1 is 1.08 bits per heavy atom. The van der Waals surface area contributed by atoms with Gasteiger partial charge in [0.2, 0.25) is 5.91 Å². The van der Waals surface area contributed by atoms with Crippen LogP contribution in [0.4, 0.5) is 14.9 Å². The lowest BCUT2D eigenvalue weighted by Gasteiger charge is -2.18. The predicted molar refractivity (Wildman–Crippen MR) is 101 cm³/mol. The Morgan fingerprint density at radius 3 is 2.35 bits per heavy atom. The molecule has 0 unspecified atom stereocenters. The second-order valence-corrected chi connectivity index (χ2v) is 6.23. The highest BCUT2D eigenvalue weighted by atomic mass is 35.5. The van der Waals surface area contributed by atoms with Crippen LogP contribution in [-0.2, 0) is 11.3 Å². The zero-order valence-corrected chi connectivity index (χ0v) is 15.1. The van der Waals surface area contributed by atoms with E-state index in [2.05, 4.69) is 16.0 Å². The van der Waals surface area contributed by atoms with Crippen molar-refractivity contribution in [2.24, 2.45) is 0 Å². The molecule has 0 saturated heterocycles. The number of benzene rings is 2. The van der Waals surface area contributed by atoms with Gasteiger partial charge in [-0.3, -0.25) is 4.79 Å². The maximum Gasteiger partial charge on any atom is 0.315 e.